The van der Waals surface area contributed by atoms with E-state index in [4.69, 9.17) is 16.2 Å². The molecule has 0 aromatic carbocycles. The molecule has 1 saturated carbocycles. The van der Waals surface area contributed by atoms with Crippen molar-refractivity contribution in [3.05, 3.63) is 0 Å². The van der Waals surface area contributed by atoms with E-state index in [9.17, 15) is 9.59 Å². The number of rotatable bonds is 7. The van der Waals surface area contributed by atoms with Crippen LogP contribution in [-0.2, 0) is 14.3 Å². The molecule has 0 aromatic rings. The van der Waals surface area contributed by atoms with Gasteiger partial charge in [-0.1, -0.05) is 6.42 Å². The van der Waals surface area contributed by atoms with Gasteiger partial charge in [0.05, 0.1) is 6.61 Å². The van der Waals surface area contributed by atoms with Crippen molar-refractivity contribution in [2.75, 3.05) is 26.3 Å². The summed E-state index contributed by atoms with van der Waals surface area (Å²) in [5, 5.41) is 2.81. The zero-order valence-corrected chi connectivity index (χ0v) is 10.7. The molecule has 0 aromatic heterocycles. The van der Waals surface area contributed by atoms with Crippen molar-refractivity contribution in [3.63, 3.8) is 0 Å². The van der Waals surface area contributed by atoms with E-state index in [2.05, 4.69) is 5.32 Å². The average molecular weight is 257 g/mol. The Bertz CT molecular complexity index is 284. The zero-order valence-electron chi connectivity index (χ0n) is 10.7. The van der Waals surface area contributed by atoms with E-state index >= 15 is 0 Å². The summed E-state index contributed by atoms with van der Waals surface area (Å²) in [7, 11) is 0. The highest BCUT2D eigenvalue weighted by molar-refractivity contribution is 5.78. The smallest absolute Gasteiger partial charge is 0.243 e. The molecule has 0 heterocycles. The van der Waals surface area contributed by atoms with Gasteiger partial charge in [-0.05, 0) is 31.7 Å². The van der Waals surface area contributed by atoms with Gasteiger partial charge in [0.1, 0.15) is 6.61 Å². The summed E-state index contributed by atoms with van der Waals surface area (Å²) in [6.07, 6.45) is 4.01. The second kappa shape index (κ2) is 8.05. The summed E-state index contributed by atoms with van der Waals surface area (Å²) in [6.45, 7) is 1.28. The summed E-state index contributed by atoms with van der Waals surface area (Å²) >= 11 is 0. The monoisotopic (exact) mass is 257 g/mol. The van der Waals surface area contributed by atoms with E-state index in [1.165, 1.54) is 0 Å². The molecule has 0 saturated heterocycles. The molecule has 0 spiro atoms. The Morgan fingerprint density at radius 2 is 2.11 bits per heavy atom. The topological polar surface area (TPSA) is 107 Å². The molecule has 6 nitrogen and oxygen atoms in total. The summed E-state index contributed by atoms with van der Waals surface area (Å²) in [5.74, 6) is 0.110. The molecule has 6 heteroatoms. The lowest BCUT2D eigenvalue weighted by Gasteiger charge is -2.27. The molecule has 104 valence electrons. The summed E-state index contributed by atoms with van der Waals surface area (Å²) in [6, 6.07) is 0. The molecular weight excluding hydrogens is 234 g/mol. The van der Waals surface area contributed by atoms with Gasteiger partial charge in [-0.15, -0.1) is 0 Å². The number of ether oxygens (including phenoxy) is 1. The molecule has 0 radical (unpaired) electrons. The van der Waals surface area contributed by atoms with Gasteiger partial charge in [0.25, 0.3) is 0 Å². The van der Waals surface area contributed by atoms with E-state index in [-0.39, 0.29) is 18.4 Å². The maximum absolute atomic E-state index is 11.9. The molecule has 18 heavy (non-hydrogen) atoms. The van der Waals surface area contributed by atoms with Crippen LogP contribution >= 0.6 is 0 Å². The third-order valence-electron chi connectivity index (χ3n) is 3.28. The first kappa shape index (κ1) is 14.9. The lowest BCUT2D eigenvalue weighted by atomic mass is 9.81. The van der Waals surface area contributed by atoms with Gasteiger partial charge in [0, 0.05) is 12.5 Å². The van der Waals surface area contributed by atoms with Crippen LogP contribution in [0.4, 0.5) is 0 Å². The molecule has 0 bridgehead atoms. The quantitative estimate of drug-likeness (QED) is 0.528. The average Bonchev–Trinajstić information content (AvgIpc) is 2.37. The van der Waals surface area contributed by atoms with Crippen molar-refractivity contribution < 1.29 is 14.3 Å². The Kier molecular flexibility index (Phi) is 6.67. The van der Waals surface area contributed by atoms with E-state index in [1.807, 2.05) is 0 Å². The molecule has 1 fully saturated rings. The van der Waals surface area contributed by atoms with Crippen molar-refractivity contribution in [3.8, 4) is 0 Å². The Hall–Kier alpha value is -1.14. The van der Waals surface area contributed by atoms with Gasteiger partial charge in [-0.25, -0.2) is 0 Å². The van der Waals surface area contributed by atoms with Crippen LogP contribution in [-0.4, -0.2) is 38.1 Å². The summed E-state index contributed by atoms with van der Waals surface area (Å²) in [4.78, 5) is 22.3. The largest absolute Gasteiger partial charge is 0.370 e. The fourth-order valence-electron chi connectivity index (χ4n) is 2.31. The van der Waals surface area contributed by atoms with Crippen molar-refractivity contribution in [2.45, 2.75) is 25.7 Å². The van der Waals surface area contributed by atoms with Crippen molar-refractivity contribution in [1.29, 1.82) is 0 Å². The zero-order chi connectivity index (χ0) is 13.4. The number of hydrogen-bond donors (Lipinski definition) is 3. The third-order valence-corrected chi connectivity index (χ3v) is 3.28. The predicted molar refractivity (Wildman–Crippen MR) is 67.5 cm³/mol. The molecular formula is C12H23N3O3. The summed E-state index contributed by atoms with van der Waals surface area (Å²) < 4.78 is 4.97. The number of nitrogens with two attached hydrogens (primary N) is 2. The first-order chi connectivity index (χ1) is 8.63. The maximum Gasteiger partial charge on any atom is 0.243 e. The van der Waals surface area contributed by atoms with E-state index in [0.29, 0.717) is 25.6 Å². The molecule has 2 atom stereocenters. The number of carbonyl (C=O) groups excluding carboxylic acids is 2. The molecule has 2 unspecified atom stereocenters. The molecule has 2 amide bonds. The van der Waals surface area contributed by atoms with Crippen LogP contribution in [0.5, 0.6) is 0 Å². The maximum atomic E-state index is 11.9. The van der Waals surface area contributed by atoms with Crippen molar-refractivity contribution in [2.24, 2.45) is 23.3 Å². The third kappa shape index (κ3) is 5.46. The van der Waals surface area contributed by atoms with Crippen LogP contribution < -0.4 is 16.8 Å². The molecule has 1 aliphatic carbocycles. The van der Waals surface area contributed by atoms with Crippen LogP contribution in [0.25, 0.3) is 0 Å². The van der Waals surface area contributed by atoms with Gasteiger partial charge in [0.2, 0.25) is 11.8 Å². The highest BCUT2D eigenvalue weighted by atomic mass is 16.5. The Labute approximate surface area is 107 Å². The number of primary amides is 1. The van der Waals surface area contributed by atoms with Gasteiger partial charge in [0.15, 0.2) is 0 Å². The fraction of sp³-hybridized carbons (Fsp3) is 0.833. The van der Waals surface area contributed by atoms with Crippen LogP contribution in [0.3, 0.4) is 0 Å². The van der Waals surface area contributed by atoms with E-state index < -0.39 is 5.91 Å². The van der Waals surface area contributed by atoms with Gasteiger partial charge in [-0.3, -0.25) is 9.59 Å². The minimum atomic E-state index is -0.501. The number of carbonyl (C=O) groups is 2. The lowest BCUT2D eigenvalue weighted by molar-refractivity contribution is -0.126. The van der Waals surface area contributed by atoms with Crippen LogP contribution in [0, 0.1) is 11.8 Å². The fourth-order valence-corrected chi connectivity index (χ4v) is 2.31. The highest BCUT2D eigenvalue weighted by Gasteiger charge is 2.26. The molecule has 1 aliphatic rings. The first-order valence-electron chi connectivity index (χ1n) is 6.47. The standard InChI is InChI=1S/C12H23N3O3/c13-7-9-2-1-3-10(6-9)12(17)15-4-5-18-8-11(14)16/h9-10H,1-8,13H2,(H2,14,16)(H,15,17). The molecule has 0 aliphatic heterocycles. The second-order valence-electron chi connectivity index (χ2n) is 4.78. The predicted octanol–water partition coefficient (Wildman–Crippen LogP) is -0.630. The number of hydrogen-bond acceptors (Lipinski definition) is 4. The van der Waals surface area contributed by atoms with Crippen LogP contribution in [0.2, 0.25) is 0 Å². The van der Waals surface area contributed by atoms with E-state index in [1.54, 1.807) is 0 Å². The Morgan fingerprint density at radius 1 is 1.33 bits per heavy atom. The van der Waals surface area contributed by atoms with Crippen molar-refractivity contribution >= 4 is 11.8 Å². The first-order valence-corrected chi connectivity index (χ1v) is 6.47. The van der Waals surface area contributed by atoms with Gasteiger partial charge < -0.3 is 21.5 Å². The van der Waals surface area contributed by atoms with E-state index in [0.717, 1.165) is 25.7 Å². The van der Waals surface area contributed by atoms with Crippen LogP contribution in [0.15, 0.2) is 0 Å². The minimum absolute atomic E-state index is 0.0656. The van der Waals surface area contributed by atoms with Crippen LogP contribution in [0.1, 0.15) is 25.7 Å². The summed E-state index contributed by atoms with van der Waals surface area (Å²) in [5.41, 5.74) is 10.6. The second-order valence-corrected chi connectivity index (χ2v) is 4.78. The van der Waals surface area contributed by atoms with Crippen molar-refractivity contribution in [1.82, 2.24) is 5.32 Å². The SMILES string of the molecule is NCC1CCCC(C(=O)NCCOCC(N)=O)C1. The molecule has 1 rings (SSSR count). The Morgan fingerprint density at radius 3 is 2.78 bits per heavy atom. The molecule has 5 N–H and O–H groups in total. The number of nitrogens with one attached hydrogen (secondary N) is 1. The van der Waals surface area contributed by atoms with Gasteiger partial charge >= 0.3 is 0 Å². The van der Waals surface area contributed by atoms with Gasteiger partial charge in [-0.2, -0.15) is 0 Å². The Balaban J connectivity index is 2.14. The highest BCUT2D eigenvalue weighted by Crippen LogP contribution is 2.28. The lowest BCUT2D eigenvalue weighted by Crippen LogP contribution is -2.37. The normalized spacial score (nSPS) is 23.6. The number of amides is 2. The minimum Gasteiger partial charge on any atom is -0.370 e.